The lowest BCUT2D eigenvalue weighted by atomic mass is 10.2. The highest BCUT2D eigenvalue weighted by Gasteiger charge is 2.11. The molecule has 0 unspecified atom stereocenters. The number of rotatable bonds is 1. The van der Waals surface area contributed by atoms with Crippen molar-refractivity contribution in [1.29, 1.82) is 0 Å². The first-order valence-corrected chi connectivity index (χ1v) is 6.90. The van der Waals surface area contributed by atoms with E-state index in [2.05, 4.69) is 4.98 Å². The maximum absolute atomic E-state index is 6.26. The normalized spacial score (nSPS) is 11.1. The number of nitrogens with one attached hydrogen (secondary N) is 1. The second-order valence-electron chi connectivity index (χ2n) is 4.33. The third-order valence-electron chi connectivity index (χ3n) is 3.08. The van der Waals surface area contributed by atoms with E-state index in [0.29, 0.717) is 14.8 Å². The van der Waals surface area contributed by atoms with Gasteiger partial charge in [-0.25, -0.2) is 0 Å². The second-order valence-corrected chi connectivity index (χ2v) is 5.56. The highest BCUT2D eigenvalue weighted by Crippen LogP contribution is 2.28. The zero-order valence-corrected chi connectivity index (χ0v) is 12.4. The number of imidazole rings is 1. The summed E-state index contributed by atoms with van der Waals surface area (Å²) < 4.78 is 2.51. The Bertz CT molecular complexity index is 833. The van der Waals surface area contributed by atoms with E-state index in [1.165, 1.54) is 0 Å². The van der Waals surface area contributed by atoms with Crippen molar-refractivity contribution in [2.45, 2.75) is 6.92 Å². The molecule has 0 amide bonds. The predicted molar refractivity (Wildman–Crippen MR) is 83.2 cm³/mol. The van der Waals surface area contributed by atoms with Crippen molar-refractivity contribution in [2.24, 2.45) is 0 Å². The first kappa shape index (κ1) is 12.7. The van der Waals surface area contributed by atoms with Crippen LogP contribution in [0.3, 0.4) is 0 Å². The Balaban J connectivity index is 2.43. The van der Waals surface area contributed by atoms with Crippen LogP contribution in [0.1, 0.15) is 5.56 Å². The molecule has 0 aliphatic carbocycles. The summed E-state index contributed by atoms with van der Waals surface area (Å²) in [7, 11) is 0. The number of hydrogen-bond acceptors (Lipinski definition) is 1. The SMILES string of the molecule is Cc1cccc2c1[nH]c(=S)n2-c1cc(Cl)ccc1Cl. The van der Waals surface area contributed by atoms with Gasteiger partial charge >= 0.3 is 0 Å². The molecule has 2 nitrogen and oxygen atoms in total. The highest BCUT2D eigenvalue weighted by molar-refractivity contribution is 7.71. The van der Waals surface area contributed by atoms with E-state index in [1.54, 1.807) is 12.1 Å². The van der Waals surface area contributed by atoms with Crippen LogP contribution < -0.4 is 0 Å². The maximum Gasteiger partial charge on any atom is 0.182 e. The van der Waals surface area contributed by atoms with Crippen molar-refractivity contribution in [3.63, 3.8) is 0 Å². The first-order valence-electron chi connectivity index (χ1n) is 5.73. The molecule has 3 aromatic rings. The molecule has 0 fully saturated rings. The van der Waals surface area contributed by atoms with E-state index in [-0.39, 0.29) is 0 Å². The molecule has 0 bridgehead atoms. The minimum Gasteiger partial charge on any atom is -0.330 e. The summed E-state index contributed by atoms with van der Waals surface area (Å²) in [4.78, 5) is 3.22. The fourth-order valence-corrected chi connectivity index (χ4v) is 2.84. The number of aromatic nitrogens is 2. The van der Waals surface area contributed by atoms with E-state index >= 15 is 0 Å². The fourth-order valence-electron chi connectivity index (χ4n) is 2.17. The molecule has 0 spiro atoms. The van der Waals surface area contributed by atoms with Crippen LogP contribution in [0.25, 0.3) is 16.7 Å². The Morgan fingerprint density at radius 3 is 2.74 bits per heavy atom. The van der Waals surface area contributed by atoms with Crippen LogP contribution in [0.15, 0.2) is 36.4 Å². The number of aryl methyl sites for hydroxylation is 1. The molecule has 3 rings (SSSR count). The first-order chi connectivity index (χ1) is 9.08. The summed E-state index contributed by atoms with van der Waals surface area (Å²) in [5.41, 5.74) is 3.94. The van der Waals surface area contributed by atoms with Gasteiger partial charge in [0.25, 0.3) is 0 Å². The van der Waals surface area contributed by atoms with Crippen molar-refractivity contribution in [3.8, 4) is 5.69 Å². The van der Waals surface area contributed by atoms with Gasteiger partial charge in [0, 0.05) is 5.02 Å². The molecule has 2 aromatic carbocycles. The van der Waals surface area contributed by atoms with E-state index in [1.807, 2.05) is 35.8 Å². The standard InChI is InChI=1S/C14H10Cl2N2S/c1-8-3-2-4-11-13(8)17-14(19)18(11)12-7-9(15)5-6-10(12)16/h2-7H,1H3,(H,17,19). The summed E-state index contributed by atoms with van der Waals surface area (Å²) in [5, 5.41) is 1.24. The van der Waals surface area contributed by atoms with Gasteiger partial charge in [0.1, 0.15) is 0 Å². The lowest BCUT2D eigenvalue weighted by Gasteiger charge is -2.07. The Kier molecular flexibility index (Phi) is 3.13. The molecule has 1 aromatic heterocycles. The van der Waals surface area contributed by atoms with Crippen molar-refractivity contribution in [3.05, 3.63) is 56.8 Å². The third-order valence-corrected chi connectivity index (χ3v) is 3.92. The van der Waals surface area contributed by atoms with Gasteiger partial charge in [-0.2, -0.15) is 0 Å². The number of benzene rings is 2. The van der Waals surface area contributed by atoms with Gasteiger partial charge in [-0.05, 0) is 49.0 Å². The summed E-state index contributed by atoms with van der Waals surface area (Å²) in [6, 6.07) is 11.4. The van der Waals surface area contributed by atoms with Crippen molar-refractivity contribution >= 4 is 46.5 Å². The highest BCUT2D eigenvalue weighted by atomic mass is 35.5. The summed E-state index contributed by atoms with van der Waals surface area (Å²) in [6.07, 6.45) is 0. The van der Waals surface area contributed by atoms with Crippen LogP contribution in [0.5, 0.6) is 0 Å². The molecular weight excluding hydrogens is 299 g/mol. The lowest BCUT2D eigenvalue weighted by molar-refractivity contribution is 1.07. The maximum atomic E-state index is 6.26. The predicted octanol–water partition coefficient (Wildman–Crippen LogP) is 5.30. The Labute approximate surface area is 125 Å². The molecule has 19 heavy (non-hydrogen) atoms. The molecule has 0 saturated heterocycles. The van der Waals surface area contributed by atoms with Gasteiger partial charge in [0.15, 0.2) is 4.77 Å². The van der Waals surface area contributed by atoms with Gasteiger partial charge in [0.05, 0.1) is 21.7 Å². The topological polar surface area (TPSA) is 20.7 Å². The molecule has 0 radical (unpaired) electrons. The third kappa shape index (κ3) is 2.08. The fraction of sp³-hybridized carbons (Fsp3) is 0.0714. The number of hydrogen-bond donors (Lipinski definition) is 1. The Morgan fingerprint density at radius 2 is 1.95 bits per heavy atom. The van der Waals surface area contributed by atoms with Crippen molar-refractivity contribution in [1.82, 2.24) is 9.55 Å². The molecule has 1 N–H and O–H groups in total. The molecule has 0 aliphatic rings. The van der Waals surface area contributed by atoms with Crippen LogP contribution in [0, 0.1) is 11.7 Å². The summed E-state index contributed by atoms with van der Waals surface area (Å²) in [6.45, 7) is 2.04. The van der Waals surface area contributed by atoms with Gasteiger partial charge in [-0.3, -0.25) is 4.57 Å². The Morgan fingerprint density at radius 1 is 1.16 bits per heavy atom. The molecule has 5 heteroatoms. The van der Waals surface area contributed by atoms with E-state index in [0.717, 1.165) is 22.3 Å². The number of para-hydroxylation sites is 1. The molecular formula is C14H10Cl2N2S. The number of halogens is 2. The minimum absolute atomic E-state index is 0.605. The van der Waals surface area contributed by atoms with E-state index in [4.69, 9.17) is 35.4 Å². The molecule has 96 valence electrons. The van der Waals surface area contributed by atoms with Crippen molar-refractivity contribution in [2.75, 3.05) is 0 Å². The summed E-state index contributed by atoms with van der Waals surface area (Å²) >= 11 is 17.7. The van der Waals surface area contributed by atoms with Gasteiger partial charge in [0.2, 0.25) is 0 Å². The van der Waals surface area contributed by atoms with Gasteiger partial charge < -0.3 is 4.98 Å². The van der Waals surface area contributed by atoms with Crippen LogP contribution >= 0.6 is 35.4 Å². The number of nitrogens with zero attached hydrogens (tertiary/aromatic N) is 1. The minimum atomic E-state index is 0.605. The molecule has 0 atom stereocenters. The largest absolute Gasteiger partial charge is 0.330 e. The Hall–Kier alpha value is -1.29. The average Bonchev–Trinajstić information content (AvgIpc) is 2.70. The van der Waals surface area contributed by atoms with Crippen molar-refractivity contribution < 1.29 is 0 Å². The summed E-state index contributed by atoms with van der Waals surface area (Å²) in [5.74, 6) is 0. The van der Waals surface area contributed by atoms with Crippen LogP contribution in [0.2, 0.25) is 10.0 Å². The quantitative estimate of drug-likeness (QED) is 0.605. The smallest absolute Gasteiger partial charge is 0.182 e. The monoisotopic (exact) mass is 308 g/mol. The van der Waals surface area contributed by atoms with Crippen LogP contribution in [-0.2, 0) is 0 Å². The molecule has 0 saturated carbocycles. The number of H-pyrrole nitrogens is 1. The average molecular weight is 309 g/mol. The zero-order chi connectivity index (χ0) is 13.6. The second kappa shape index (κ2) is 4.67. The lowest BCUT2D eigenvalue weighted by Crippen LogP contribution is -1.95. The number of fused-ring (bicyclic) bond motifs is 1. The molecule has 0 aliphatic heterocycles. The van der Waals surface area contributed by atoms with E-state index < -0.39 is 0 Å². The van der Waals surface area contributed by atoms with Crippen LogP contribution in [0.4, 0.5) is 0 Å². The molecule has 1 heterocycles. The van der Waals surface area contributed by atoms with Gasteiger partial charge in [-0.1, -0.05) is 35.3 Å². The number of aromatic amines is 1. The van der Waals surface area contributed by atoms with Gasteiger partial charge in [-0.15, -0.1) is 0 Å². The zero-order valence-electron chi connectivity index (χ0n) is 10.1. The van der Waals surface area contributed by atoms with E-state index in [9.17, 15) is 0 Å². The van der Waals surface area contributed by atoms with Crippen LogP contribution in [-0.4, -0.2) is 9.55 Å².